The van der Waals surface area contributed by atoms with Crippen LogP contribution in [0.2, 0.25) is 0 Å². The summed E-state index contributed by atoms with van der Waals surface area (Å²) < 4.78 is 12.8. The fraction of sp³-hybridized carbons (Fsp3) is 0.400. The largest absolute Gasteiger partial charge is 0.464 e. The number of benzene rings is 1. The first-order valence-corrected chi connectivity index (χ1v) is 12.4. The summed E-state index contributed by atoms with van der Waals surface area (Å²) >= 11 is 1.48. The van der Waals surface area contributed by atoms with E-state index in [2.05, 4.69) is 26.3 Å². The molecule has 1 amide bonds. The number of furan rings is 1. The number of carbonyl (C=O) groups is 1. The first-order chi connectivity index (χ1) is 16.2. The molecule has 0 unspecified atom stereocenters. The van der Waals surface area contributed by atoms with Crippen LogP contribution in [0, 0.1) is 5.92 Å². The van der Waals surface area contributed by atoms with Gasteiger partial charge in [-0.15, -0.1) is 0 Å². The van der Waals surface area contributed by atoms with Crippen LogP contribution in [-0.4, -0.2) is 39.9 Å². The highest BCUT2D eigenvalue weighted by atomic mass is 32.1. The summed E-state index contributed by atoms with van der Waals surface area (Å²) in [5.41, 5.74) is 2.70. The minimum Gasteiger partial charge on any atom is -0.464 e. The van der Waals surface area contributed by atoms with Gasteiger partial charge in [0.15, 0.2) is 5.65 Å². The molecule has 4 heterocycles. The second kappa shape index (κ2) is 8.76. The summed E-state index contributed by atoms with van der Waals surface area (Å²) in [5.74, 6) is 1.43. The zero-order valence-corrected chi connectivity index (χ0v) is 19.1. The van der Waals surface area contributed by atoms with Crippen LogP contribution in [0.15, 0.2) is 47.2 Å². The quantitative estimate of drug-likeness (QED) is 0.411. The van der Waals surface area contributed by atoms with Gasteiger partial charge in [0, 0.05) is 42.2 Å². The number of nitrogens with zero attached hydrogens (tertiary/aromatic N) is 3. The van der Waals surface area contributed by atoms with Crippen LogP contribution in [0.1, 0.15) is 37.7 Å². The summed E-state index contributed by atoms with van der Waals surface area (Å²) in [6.07, 6.45) is 8.70. The van der Waals surface area contributed by atoms with Crippen LogP contribution >= 0.6 is 11.3 Å². The molecule has 2 fully saturated rings. The van der Waals surface area contributed by atoms with Crippen LogP contribution in [0.3, 0.4) is 0 Å². The average Bonchev–Trinajstić information content (AvgIpc) is 3.39. The van der Waals surface area contributed by atoms with E-state index in [0.29, 0.717) is 35.0 Å². The van der Waals surface area contributed by atoms with Crippen molar-refractivity contribution in [1.29, 1.82) is 0 Å². The number of hydrogen-bond donors (Lipinski definition) is 1. The van der Waals surface area contributed by atoms with Crippen molar-refractivity contribution in [1.82, 2.24) is 20.2 Å². The summed E-state index contributed by atoms with van der Waals surface area (Å²) in [6.45, 7) is 2.89. The Hall–Kier alpha value is -2.97. The van der Waals surface area contributed by atoms with Crippen molar-refractivity contribution in [2.24, 2.45) is 5.92 Å². The lowest BCUT2D eigenvalue weighted by Crippen LogP contribution is -2.35. The number of hydrogen-bond acceptors (Lipinski definition) is 7. The molecular weight excluding hydrogens is 436 g/mol. The molecule has 4 aromatic rings. The van der Waals surface area contributed by atoms with E-state index in [1.165, 1.54) is 16.9 Å². The topological polar surface area (TPSA) is 80.5 Å². The molecule has 1 saturated carbocycles. The number of rotatable bonds is 7. The number of thiazole rings is 1. The van der Waals surface area contributed by atoms with E-state index < -0.39 is 0 Å². The van der Waals surface area contributed by atoms with E-state index in [-0.39, 0.29) is 5.91 Å². The minimum atomic E-state index is 0.233. The maximum absolute atomic E-state index is 12.1. The van der Waals surface area contributed by atoms with Gasteiger partial charge in [0.1, 0.15) is 11.3 Å². The van der Waals surface area contributed by atoms with Crippen molar-refractivity contribution in [2.45, 2.75) is 44.7 Å². The van der Waals surface area contributed by atoms with Gasteiger partial charge in [0.25, 0.3) is 5.19 Å². The minimum absolute atomic E-state index is 0.233. The molecule has 6 rings (SSSR count). The fourth-order valence-electron chi connectivity index (χ4n) is 4.51. The summed E-state index contributed by atoms with van der Waals surface area (Å²) in [7, 11) is 0. The van der Waals surface area contributed by atoms with Gasteiger partial charge in [-0.3, -0.25) is 9.69 Å². The normalized spacial score (nSPS) is 17.6. The lowest BCUT2D eigenvalue weighted by molar-refractivity contribution is -0.122. The van der Waals surface area contributed by atoms with Crippen molar-refractivity contribution in [2.75, 3.05) is 13.1 Å². The highest BCUT2D eigenvalue weighted by Crippen LogP contribution is 2.33. The molecule has 2 aliphatic rings. The van der Waals surface area contributed by atoms with E-state index in [1.807, 2.05) is 30.5 Å². The highest BCUT2D eigenvalue weighted by molar-refractivity contribution is 7.20. The van der Waals surface area contributed by atoms with Crippen molar-refractivity contribution in [3.05, 3.63) is 48.4 Å². The Bertz CT molecular complexity index is 1250. The molecule has 1 aliphatic heterocycles. The number of nitrogens with one attached hydrogen (secondary N) is 1. The molecule has 170 valence electrons. The Kier molecular flexibility index (Phi) is 5.47. The first kappa shape index (κ1) is 20.6. The Morgan fingerprint density at radius 3 is 2.91 bits per heavy atom. The standard InChI is InChI=1S/C25H26N4O3S/c30-23(27-18-3-4-18)12-16-7-10-29(11-8-16)14-17-15-31-21-13-19(5-6-20(17)21)32-25-28-24-22(33-25)2-1-9-26-24/h1-2,5-6,9,13,15-16,18H,3-4,7-8,10-12,14H2,(H,27,30). The maximum atomic E-state index is 12.1. The Morgan fingerprint density at radius 1 is 1.21 bits per heavy atom. The second-order valence-corrected chi connectivity index (χ2v) is 10.1. The van der Waals surface area contributed by atoms with Gasteiger partial charge in [0.2, 0.25) is 5.91 Å². The molecule has 0 atom stereocenters. The lowest BCUT2D eigenvalue weighted by atomic mass is 9.93. The summed E-state index contributed by atoms with van der Waals surface area (Å²) in [6, 6.07) is 10.3. The molecule has 1 aromatic carbocycles. The Balaban J connectivity index is 1.07. The monoisotopic (exact) mass is 462 g/mol. The number of likely N-dealkylation sites (tertiary alicyclic amines) is 1. The van der Waals surface area contributed by atoms with Crippen molar-refractivity contribution in [3.8, 4) is 10.9 Å². The van der Waals surface area contributed by atoms with E-state index in [4.69, 9.17) is 9.15 Å². The molecule has 0 radical (unpaired) electrons. The molecule has 0 bridgehead atoms. The Morgan fingerprint density at radius 2 is 2.09 bits per heavy atom. The predicted molar refractivity (Wildman–Crippen MR) is 127 cm³/mol. The van der Waals surface area contributed by atoms with Crippen LogP contribution in [0.25, 0.3) is 21.3 Å². The highest BCUT2D eigenvalue weighted by Gasteiger charge is 2.26. The van der Waals surface area contributed by atoms with Gasteiger partial charge >= 0.3 is 0 Å². The van der Waals surface area contributed by atoms with Gasteiger partial charge < -0.3 is 14.5 Å². The van der Waals surface area contributed by atoms with Gasteiger partial charge in [-0.25, -0.2) is 4.98 Å². The molecule has 1 aliphatic carbocycles. The molecule has 3 aromatic heterocycles. The average molecular weight is 463 g/mol. The van der Waals surface area contributed by atoms with Crippen molar-refractivity contribution >= 4 is 38.6 Å². The van der Waals surface area contributed by atoms with E-state index >= 15 is 0 Å². The number of amides is 1. The fourth-order valence-corrected chi connectivity index (χ4v) is 5.30. The van der Waals surface area contributed by atoms with Crippen LogP contribution < -0.4 is 10.1 Å². The van der Waals surface area contributed by atoms with Crippen LogP contribution in [0.5, 0.6) is 10.9 Å². The molecule has 0 spiro atoms. The van der Waals surface area contributed by atoms with E-state index in [9.17, 15) is 4.79 Å². The van der Waals surface area contributed by atoms with E-state index in [0.717, 1.165) is 61.0 Å². The van der Waals surface area contributed by atoms with Crippen LogP contribution in [0.4, 0.5) is 0 Å². The number of ether oxygens (including phenoxy) is 1. The van der Waals surface area contributed by atoms with Crippen molar-refractivity contribution in [3.63, 3.8) is 0 Å². The maximum Gasteiger partial charge on any atom is 0.281 e. The lowest BCUT2D eigenvalue weighted by Gasteiger charge is -2.31. The number of carbonyl (C=O) groups excluding carboxylic acids is 1. The van der Waals surface area contributed by atoms with Gasteiger partial charge in [0.05, 0.1) is 11.0 Å². The smallest absolute Gasteiger partial charge is 0.281 e. The number of aromatic nitrogens is 2. The number of fused-ring (bicyclic) bond motifs is 2. The van der Waals surface area contributed by atoms with Gasteiger partial charge in [-0.1, -0.05) is 11.3 Å². The molecule has 8 heteroatoms. The van der Waals surface area contributed by atoms with E-state index in [1.54, 1.807) is 6.20 Å². The molecule has 1 N–H and O–H groups in total. The zero-order valence-electron chi connectivity index (χ0n) is 18.3. The summed E-state index contributed by atoms with van der Waals surface area (Å²) in [4.78, 5) is 23.2. The Labute approximate surface area is 195 Å². The third-order valence-electron chi connectivity index (χ3n) is 6.50. The second-order valence-electron chi connectivity index (χ2n) is 9.09. The van der Waals surface area contributed by atoms with Gasteiger partial charge in [-0.05, 0) is 69.0 Å². The third kappa shape index (κ3) is 4.72. The number of piperidine rings is 1. The first-order valence-electron chi connectivity index (χ1n) is 11.6. The zero-order chi connectivity index (χ0) is 22.2. The SMILES string of the molecule is O=C(CC1CCN(Cc2coc3cc(Oc4nc5ncccc5s4)ccc23)CC1)NC1CC1. The molecule has 1 saturated heterocycles. The molecular formula is C25H26N4O3S. The van der Waals surface area contributed by atoms with Crippen molar-refractivity contribution < 1.29 is 13.9 Å². The number of pyridine rings is 1. The molecule has 7 nitrogen and oxygen atoms in total. The third-order valence-corrected chi connectivity index (χ3v) is 7.38. The molecule has 33 heavy (non-hydrogen) atoms. The summed E-state index contributed by atoms with van der Waals surface area (Å²) in [5, 5.41) is 4.80. The van der Waals surface area contributed by atoms with Gasteiger partial charge in [-0.2, -0.15) is 4.98 Å². The van der Waals surface area contributed by atoms with Crippen LogP contribution in [-0.2, 0) is 11.3 Å². The predicted octanol–water partition coefficient (Wildman–Crippen LogP) is 5.11.